The molecule has 0 unspecified atom stereocenters. The van der Waals surface area contributed by atoms with Crippen LogP contribution in [0.2, 0.25) is 5.02 Å². The van der Waals surface area contributed by atoms with Crippen LogP contribution in [0.15, 0.2) is 103 Å². The second-order valence-corrected chi connectivity index (χ2v) is 10.1. The topological polar surface area (TPSA) is 120 Å². The summed E-state index contributed by atoms with van der Waals surface area (Å²) in [5, 5.41) is 8.57. The minimum atomic E-state index is -0.661. The lowest BCUT2D eigenvalue weighted by molar-refractivity contribution is 0.171. The first-order chi connectivity index (χ1) is 21.0. The van der Waals surface area contributed by atoms with Gasteiger partial charge in [0, 0.05) is 29.7 Å². The van der Waals surface area contributed by atoms with E-state index in [1.807, 2.05) is 66.9 Å². The number of carbonyl (C=O) groups excluding carboxylic acids is 1. The molecule has 3 aromatic carbocycles. The Balaban J connectivity index is 1.30. The first kappa shape index (κ1) is 26.3. The number of carbonyl (C=O) groups is 1. The third-order valence-electron chi connectivity index (χ3n) is 6.94. The third kappa shape index (κ3) is 5.04. The molecule has 212 valence electrons. The first-order valence-corrected chi connectivity index (χ1v) is 13.8. The zero-order valence-corrected chi connectivity index (χ0v) is 23.4. The van der Waals surface area contributed by atoms with Crippen molar-refractivity contribution in [3.63, 3.8) is 0 Å². The van der Waals surface area contributed by atoms with Gasteiger partial charge in [0.2, 0.25) is 5.95 Å². The fourth-order valence-electron chi connectivity index (χ4n) is 5.07. The van der Waals surface area contributed by atoms with Crippen molar-refractivity contribution in [3.05, 3.63) is 108 Å². The van der Waals surface area contributed by atoms with Crippen molar-refractivity contribution in [2.45, 2.75) is 0 Å². The highest BCUT2D eigenvalue weighted by Crippen LogP contribution is 2.38. The third-order valence-corrected chi connectivity index (χ3v) is 7.26. The van der Waals surface area contributed by atoms with E-state index in [0.29, 0.717) is 58.4 Å². The predicted octanol–water partition coefficient (Wildman–Crippen LogP) is 6.84. The summed E-state index contributed by atoms with van der Waals surface area (Å²) in [5.41, 5.74) is 11.4. The van der Waals surface area contributed by atoms with Gasteiger partial charge in [0.1, 0.15) is 18.9 Å². The van der Waals surface area contributed by atoms with Gasteiger partial charge in [0.05, 0.1) is 33.2 Å². The molecule has 11 heteroatoms. The molecule has 0 saturated heterocycles. The smallest absolute Gasteiger partial charge is 0.323 e. The fourth-order valence-corrected chi connectivity index (χ4v) is 5.29. The molecule has 0 radical (unpaired) electrons. The predicted molar refractivity (Wildman–Crippen MR) is 166 cm³/mol. The van der Waals surface area contributed by atoms with Gasteiger partial charge in [-0.1, -0.05) is 41.9 Å². The standard InChI is InChI=1S/C32H24ClN7O3/c33-23-8-1-2-9-25(23)40(31(34)41)22-7-5-6-20(18-22)30-29(26-10-3-4-15-39(26)38-30)24-13-14-35-32(37-24)36-21-11-12-27-28(19-21)43-17-16-42-27/h1-15,18-19H,16-17H2,(H2,34,41)(H,35,36,37). The molecule has 4 heterocycles. The van der Waals surface area contributed by atoms with Crippen LogP contribution in [0.1, 0.15) is 0 Å². The Hall–Kier alpha value is -5.61. The van der Waals surface area contributed by atoms with E-state index in [0.717, 1.165) is 22.3 Å². The summed E-state index contributed by atoms with van der Waals surface area (Å²) in [6, 6.07) is 27.1. The summed E-state index contributed by atoms with van der Waals surface area (Å²) in [4.78, 5) is 23.3. The Kier molecular flexibility index (Phi) is 6.72. The van der Waals surface area contributed by atoms with E-state index in [1.165, 1.54) is 4.90 Å². The number of anilines is 4. The largest absolute Gasteiger partial charge is 0.486 e. The minimum Gasteiger partial charge on any atom is -0.486 e. The van der Waals surface area contributed by atoms with Crippen molar-refractivity contribution in [2.24, 2.45) is 5.73 Å². The van der Waals surface area contributed by atoms with Gasteiger partial charge < -0.3 is 20.5 Å². The number of nitrogens with one attached hydrogen (secondary N) is 1. The zero-order chi connectivity index (χ0) is 29.3. The van der Waals surface area contributed by atoms with E-state index < -0.39 is 6.03 Å². The van der Waals surface area contributed by atoms with Crippen LogP contribution in [-0.2, 0) is 0 Å². The maximum Gasteiger partial charge on any atom is 0.323 e. The number of amides is 2. The number of halogens is 1. The molecule has 2 amide bonds. The highest BCUT2D eigenvalue weighted by atomic mass is 35.5. The number of hydrogen-bond acceptors (Lipinski definition) is 7. The summed E-state index contributed by atoms with van der Waals surface area (Å²) in [7, 11) is 0. The maximum atomic E-state index is 12.6. The van der Waals surface area contributed by atoms with E-state index in [2.05, 4.69) is 10.3 Å². The number of benzene rings is 3. The van der Waals surface area contributed by atoms with Crippen LogP contribution < -0.4 is 25.4 Å². The van der Waals surface area contributed by atoms with E-state index in [-0.39, 0.29) is 0 Å². The molecule has 0 spiro atoms. The number of hydrogen-bond donors (Lipinski definition) is 2. The molecule has 0 aliphatic carbocycles. The molecule has 0 fully saturated rings. The molecule has 1 aliphatic rings. The Morgan fingerprint density at radius 1 is 0.930 bits per heavy atom. The van der Waals surface area contributed by atoms with E-state index >= 15 is 0 Å². The van der Waals surface area contributed by atoms with Gasteiger partial charge in [-0.15, -0.1) is 0 Å². The normalized spacial score (nSPS) is 12.2. The van der Waals surface area contributed by atoms with E-state index in [1.54, 1.807) is 41.0 Å². The van der Waals surface area contributed by atoms with Crippen molar-refractivity contribution >= 4 is 46.2 Å². The van der Waals surface area contributed by atoms with Crippen LogP contribution in [0.4, 0.5) is 27.8 Å². The summed E-state index contributed by atoms with van der Waals surface area (Å²) in [6.07, 6.45) is 3.57. The van der Waals surface area contributed by atoms with Crippen molar-refractivity contribution in [1.82, 2.24) is 19.6 Å². The molecular formula is C32H24ClN7O3. The second kappa shape index (κ2) is 11.0. The van der Waals surface area contributed by atoms with Crippen molar-refractivity contribution in [1.29, 1.82) is 0 Å². The molecule has 3 N–H and O–H groups in total. The quantitative estimate of drug-likeness (QED) is 0.218. The Morgan fingerprint density at radius 2 is 1.77 bits per heavy atom. The number of urea groups is 1. The van der Waals surface area contributed by atoms with Crippen LogP contribution in [0, 0.1) is 0 Å². The highest BCUT2D eigenvalue weighted by Gasteiger charge is 2.22. The van der Waals surface area contributed by atoms with Gasteiger partial charge in [0.25, 0.3) is 0 Å². The molecule has 0 bridgehead atoms. The van der Waals surface area contributed by atoms with Crippen LogP contribution in [0.25, 0.3) is 28.0 Å². The maximum absolute atomic E-state index is 12.6. The summed E-state index contributed by atoms with van der Waals surface area (Å²) >= 11 is 6.44. The molecule has 43 heavy (non-hydrogen) atoms. The number of aromatic nitrogens is 4. The van der Waals surface area contributed by atoms with Gasteiger partial charge in [-0.3, -0.25) is 4.90 Å². The molecule has 6 aromatic rings. The molecule has 7 rings (SSSR count). The van der Waals surface area contributed by atoms with Gasteiger partial charge in [-0.2, -0.15) is 5.10 Å². The minimum absolute atomic E-state index is 0.402. The Morgan fingerprint density at radius 3 is 2.63 bits per heavy atom. The summed E-state index contributed by atoms with van der Waals surface area (Å²) in [5.74, 6) is 1.77. The van der Waals surface area contributed by atoms with Crippen LogP contribution >= 0.6 is 11.6 Å². The molecule has 3 aromatic heterocycles. The average Bonchev–Trinajstić information content (AvgIpc) is 3.42. The monoisotopic (exact) mass is 589 g/mol. The second-order valence-electron chi connectivity index (χ2n) is 9.68. The number of primary amides is 1. The SMILES string of the molecule is NC(=O)N(c1cccc(-c2nn3ccccc3c2-c2ccnc(Nc3ccc4c(c3)OCCO4)n2)c1)c1ccccc1Cl. The fraction of sp³-hybridized carbons (Fsp3) is 0.0625. The van der Waals surface area contributed by atoms with Gasteiger partial charge >= 0.3 is 6.03 Å². The highest BCUT2D eigenvalue weighted by molar-refractivity contribution is 6.34. The van der Waals surface area contributed by atoms with E-state index in [4.69, 9.17) is 36.9 Å². The van der Waals surface area contributed by atoms with Crippen LogP contribution in [0.5, 0.6) is 11.5 Å². The average molecular weight is 590 g/mol. The number of nitrogens with two attached hydrogens (primary N) is 1. The van der Waals surface area contributed by atoms with Crippen LogP contribution in [0.3, 0.4) is 0 Å². The van der Waals surface area contributed by atoms with Gasteiger partial charge in [-0.25, -0.2) is 19.3 Å². The van der Waals surface area contributed by atoms with Crippen LogP contribution in [-0.4, -0.2) is 38.8 Å². The van der Waals surface area contributed by atoms with Crippen molar-refractivity contribution in [3.8, 4) is 34.0 Å². The lowest BCUT2D eigenvalue weighted by Crippen LogP contribution is -2.31. The zero-order valence-electron chi connectivity index (χ0n) is 22.6. The number of pyridine rings is 1. The number of ether oxygens (including phenoxy) is 2. The first-order valence-electron chi connectivity index (χ1n) is 13.5. The molecular weight excluding hydrogens is 566 g/mol. The lowest BCUT2D eigenvalue weighted by Gasteiger charge is -2.22. The number of nitrogens with zero attached hydrogens (tertiary/aromatic N) is 5. The lowest BCUT2D eigenvalue weighted by atomic mass is 10.0. The number of fused-ring (bicyclic) bond motifs is 2. The van der Waals surface area contributed by atoms with Gasteiger partial charge in [-0.05, 0) is 54.6 Å². The Labute approximate surface area is 251 Å². The van der Waals surface area contributed by atoms with Crippen molar-refractivity contribution < 1.29 is 14.3 Å². The van der Waals surface area contributed by atoms with E-state index in [9.17, 15) is 4.79 Å². The molecule has 0 atom stereocenters. The van der Waals surface area contributed by atoms with Crippen molar-refractivity contribution in [2.75, 3.05) is 23.4 Å². The molecule has 1 aliphatic heterocycles. The number of para-hydroxylation sites is 1. The van der Waals surface area contributed by atoms with Gasteiger partial charge in [0.15, 0.2) is 11.5 Å². The number of rotatable bonds is 6. The molecule has 0 saturated carbocycles. The molecule has 10 nitrogen and oxygen atoms in total. The Bertz CT molecular complexity index is 1990. The summed E-state index contributed by atoms with van der Waals surface area (Å²) in [6.45, 7) is 1.02. The summed E-state index contributed by atoms with van der Waals surface area (Å²) < 4.78 is 13.1.